The number of carbonyl (C=O) groups is 2. The minimum Gasteiger partial charge on any atom is -0.469 e. The molecule has 2 bridgehead atoms. The van der Waals surface area contributed by atoms with Crippen LogP contribution in [0.4, 0.5) is 0 Å². The number of Topliss-reactive ketones (excluding diaryl/α,β-unsaturated/α-hetero) is 1. The zero-order valence-electron chi connectivity index (χ0n) is 8.29. The predicted octanol–water partition coefficient (Wildman–Crippen LogP) is -0.0259. The van der Waals surface area contributed by atoms with Crippen molar-refractivity contribution in [3.63, 3.8) is 0 Å². The van der Waals surface area contributed by atoms with E-state index in [4.69, 9.17) is 4.74 Å². The smallest absolute Gasteiger partial charge is 0.308 e. The standard InChI is InChI=1S/C10H15NO3/c1-14-10(13)6-2-7-4-11-5-8(3-6)9(7)12/h6-8,11H,2-5H2,1H3. The monoisotopic (exact) mass is 197 g/mol. The molecule has 4 nitrogen and oxygen atoms in total. The Morgan fingerprint density at radius 2 is 1.93 bits per heavy atom. The number of nitrogens with one attached hydrogen (secondary N) is 1. The highest BCUT2D eigenvalue weighted by Gasteiger charge is 2.41. The van der Waals surface area contributed by atoms with Gasteiger partial charge in [-0.3, -0.25) is 9.59 Å². The van der Waals surface area contributed by atoms with Crippen molar-refractivity contribution in [3.8, 4) is 0 Å². The molecule has 2 aliphatic rings. The van der Waals surface area contributed by atoms with E-state index in [1.807, 2.05) is 0 Å². The first-order valence-electron chi connectivity index (χ1n) is 5.04. The highest BCUT2D eigenvalue weighted by atomic mass is 16.5. The fourth-order valence-corrected chi connectivity index (χ4v) is 2.51. The molecule has 0 aromatic rings. The first-order valence-corrected chi connectivity index (χ1v) is 5.04. The molecule has 1 saturated carbocycles. The molecule has 1 N–H and O–H groups in total. The lowest BCUT2D eigenvalue weighted by atomic mass is 9.72. The van der Waals surface area contributed by atoms with Gasteiger partial charge in [-0.05, 0) is 12.8 Å². The molecule has 1 aliphatic heterocycles. The minimum absolute atomic E-state index is 0.0339. The number of piperidine rings is 1. The van der Waals surface area contributed by atoms with E-state index in [2.05, 4.69) is 5.32 Å². The van der Waals surface area contributed by atoms with Crippen LogP contribution < -0.4 is 5.32 Å². The molecule has 0 aromatic carbocycles. The topological polar surface area (TPSA) is 55.4 Å². The van der Waals surface area contributed by atoms with Crippen LogP contribution in [0, 0.1) is 17.8 Å². The molecule has 1 heterocycles. The predicted molar refractivity (Wildman–Crippen MR) is 49.6 cm³/mol. The number of ether oxygens (including phenoxy) is 1. The summed E-state index contributed by atoms with van der Waals surface area (Å²) in [7, 11) is 1.41. The summed E-state index contributed by atoms with van der Waals surface area (Å²) in [4.78, 5) is 23.0. The summed E-state index contributed by atoms with van der Waals surface area (Å²) in [5.41, 5.74) is 0. The van der Waals surface area contributed by atoms with E-state index in [1.54, 1.807) is 0 Å². The highest BCUT2D eigenvalue weighted by Crippen LogP contribution is 2.33. The van der Waals surface area contributed by atoms with Crippen molar-refractivity contribution in [2.45, 2.75) is 12.8 Å². The van der Waals surface area contributed by atoms with Crippen LogP contribution in [0.2, 0.25) is 0 Å². The second-order valence-electron chi connectivity index (χ2n) is 4.15. The third-order valence-electron chi connectivity index (χ3n) is 3.26. The number of hydrogen-bond donors (Lipinski definition) is 1. The molecule has 2 fully saturated rings. The molecular formula is C10H15NO3. The summed E-state index contributed by atoms with van der Waals surface area (Å²) in [5, 5.41) is 3.22. The molecular weight excluding hydrogens is 182 g/mol. The molecule has 78 valence electrons. The van der Waals surface area contributed by atoms with Crippen LogP contribution in [-0.2, 0) is 14.3 Å². The Labute approximate surface area is 83.0 Å². The van der Waals surface area contributed by atoms with Crippen LogP contribution in [-0.4, -0.2) is 32.0 Å². The van der Waals surface area contributed by atoms with Gasteiger partial charge in [0.05, 0.1) is 13.0 Å². The SMILES string of the molecule is COC(=O)C1CC2CNCC(C1)C2=O. The van der Waals surface area contributed by atoms with Crippen LogP contribution in [0.25, 0.3) is 0 Å². The summed E-state index contributed by atoms with van der Waals surface area (Å²) in [6.07, 6.45) is 1.32. The largest absolute Gasteiger partial charge is 0.469 e. The summed E-state index contributed by atoms with van der Waals surface area (Å²) in [6, 6.07) is 0. The quantitative estimate of drug-likeness (QED) is 0.600. The van der Waals surface area contributed by atoms with Crippen molar-refractivity contribution >= 4 is 11.8 Å². The van der Waals surface area contributed by atoms with E-state index in [9.17, 15) is 9.59 Å². The van der Waals surface area contributed by atoms with E-state index < -0.39 is 0 Å². The molecule has 2 atom stereocenters. The van der Waals surface area contributed by atoms with Gasteiger partial charge in [0, 0.05) is 24.9 Å². The second kappa shape index (κ2) is 3.69. The van der Waals surface area contributed by atoms with Crippen molar-refractivity contribution in [2.24, 2.45) is 17.8 Å². The van der Waals surface area contributed by atoms with Gasteiger partial charge in [-0.15, -0.1) is 0 Å². The van der Waals surface area contributed by atoms with Crippen LogP contribution >= 0.6 is 0 Å². The molecule has 2 rings (SSSR count). The van der Waals surface area contributed by atoms with E-state index in [1.165, 1.54) is 7.11 Å². The Morgan fingerprint density at radius 1 is 1.36 bits per heavy atom. The summed E-state index contributed by atoms with van der Waals surface area (Å²) < 4.78 is 4.72. The maximum absolute atomic E-state index is 11.7. The maximum Gasteiger partial charge on any atom is 0.308 e. The van der Waals surface area contributed by atoms with Gasteiger partial charge in [0.1, 0.15) is 5.78 Å². The molecule has 4 heteroatoms. The van der Waals surface area contributed by atoms with Gasteiger partial charge in [-0.2, -0.15) is 0 Å². The third-order valence-corrected chi connectivity index (χ3v) is 3.26. The number of ketones is 1. The third kappa shape index (κ3) is 1.54. The zero-order valence-corrected chi connectivity index (χ0v) is 8.29. The lowest BCUT2D eigenvalue weighted by Crippen LogP contribution is -2.49. The summed E-state index contributed by atoms with van der Waals surface area (Å²) in [5.74, 6) is 0.186. The van der Waals surface area contributed by atoms with Crippen LogP contribution in [0.5, 0.6) is 0 Å². The van der Waals surface area contributed by atoms with Crippen LogP contribution in [0.3, 0.4) is 0 Å². The van der Waals surface area contributed by atoms with Crippen molar-refractivity contribution < 1.29 is 14.3 Å². The Kier molecular flexibility index (Phi) is 2.54. The van der Waals surface area contributed by atoms with Gasteiger partial charge >= 0.3 is 5.97 Å². The number of rotatable bonds is 1. The lowest BCUT2D eigenvalue weighted by Gasteiger charge is -2.36. The van der Waals surface area contributed by atoms with Crippen LogP contribution in [0.1, 0.15) is 12.8 Å². The van der Waals surface area contributed by atoms with Gasteiger partial charge in [0.2, 0.25) is 0 Å². The first-order chi connectivity index (χ1) is 6.72. The molecule has 0 radical (unpaired) electrons. The maximum atomic E-state index is 11.7. The Hall–Kier alpha value is -0.900. The average molecular weight is 197 g/mol. The molecule has 0 amide bonds. The van der Waals surface area contributed by atoms with Crippen LogP contribution in [0.15, 0.2) is 0 Å². The molecule has 0 aromatic heterocycles. The van der Waals surface area contributed by atoms with Crippen molar-refractivity contribution in [2.75, 3.05) is 20.2 Å². The number of hydrogen-bond acceptors (Lipinski definition) is 4. The summed E-state index contributed by atoms with van der Waals surface area (Å²) >= 11 is 0. The van der Waals surface area contributed by atoms with Crippen molar-refractivity contribution in [3.05, 3.63) is 0 Å². The second-order valence-corrected chi connectivity index (χ2v) is 4.15. The number of methoxy groups -OCH3 is 1. The van der Waals surface area contributed by atoms with E-state index in [0.717, 1.165) is 13.1 Å². The fraction of sp³-hybridized carbons (Fsp3) is 0.800. The van der Waals surface area contributed by atoms with E-state index in [-0.39, 0.29) is 23.7 Å². The zero-order chi connectivity index (χ0) is 10.1. The minimum atomic E-state index is -0.158. The average Bonchev–Trinajstić information content (AvgIpc) is 2.16. The number of fused-ring (bicyclic) bond motifs is 2. The molecule has 1 saturated heterocycles. The van der Waals surface area contributed by atoms with E-state index >= 15 is 0 Å². The number of carbonyl (C=O) groups excluding carboxylic acids is 2. The lowest BCUT2D eigenvalue weighted by molar-refractivity contribution is -0.150. The molecule has 2 unspecified atom stereocenters. The van der Waals surface area contributed by atoms with Gasteiger partial charge in [0.15, 0.2) is 0 Å². The molecule has 1 aliphatic carbocycles. The Bertz CT molecular complexity index is 248. The Morgan fingerprint density at radius 3 is 2.43 bits per heavy atom. The highest BCUT2D eigenvalue weighted by molar-refractivity contribution is 5.87. The first kappa shape index (κ1) is 9.65. The molecule has 14 heavy (non-hydrogen) atoms. The Balaban J connectivity index is 2.07. The van der Waals surface area contributed by atoms with Gasteiger partial charge < -0.3 is 10.1 Å². The van der Waals surface area contributed by atoms with Gasteiger partial charge in [-0.25, -0.2) is 0 Å². The summed E-state index contributed by atoms with van der Waals surface area (Å²) in [6.45, 7) is 1.45. The van der Waals surface area contributed by atoms with Gasteiger partial charge in [0.25, 0.3) is 0 Å². The number of esters is 1. The molecule has 0 spiro atoms. The fourth-order valence-electron chi connectivity index (χ4n) is 2.51. The van der Waals surface area contributed by atoms with Crippen molar-refractivity contribution in [1.29, 1.82) is 0 Å². The van der Waals surface area contributed by atoms with Gasteiger partial charge in [-0.1, -0.05) is 0 Å². The normalized spacial score (nSPS) is 36.6. The van der Waals surface area contributed by atoms with Crippen molar-refractivity contribution in [1.82, 2.24) is 5.32 Å². The van der Waals surface area contributed by atoms with E-state index in [0.29, 0.717) is 18.6 Å².